The maximum Gasteiger partial charge on any atom is 0.253 e. The lowest BCUT2D eigenvalue weighted by molar-refractivity contribution is 0.0951. The molecule has 104 valence electrons. The van der Waals surface area contributed by atoms with Crippen LogP contribution in [0.3, 0.4) is 0 Å². The van der Waals surface area contributed by atoms with Crippen molar-refractivity contribution in [3.8, 4) is 0 Å². The van der Waals surface area contributed by atoms with E-state index in [4.69, 9.17) is 23.2 Å². The van der Waals surface area contributed by atoms with Gasteiger partial charge in [0.15, 0.2) is 0 Å². The number of hydrogen-bond acceptors (Lipinski definition) is 1. The number of carbonyl (C=O) groups excluding carboxylic acids is 1. The molecule has 0 heterocycles. The van der Waals surface area contributed by atoms with Crippen LogP contribution in [0, 0.1) is 0 Å². The van der Waals surface area contributed by atoms with Gasteiger partial charge >= 0.3 is 0 Å². The van der Waals surface area contributed by atoms with Gasteiger partial charge in [0.1, 0.15) is 0 Å². The Morgan fingerprint density at radius 2 is 1.70 bits per heavy atom. The molecule has 2 nitrogen and oxygen atoms in total. The van der Waals surface area contributed by atoms with E-state index < -0.39 is 0 Å². The summed E-state index contributed by atoms with van der Waals surface area (Å²) < 4.78 is 0. The van der Waals surface area contributed by atoms with E-state index in [9.17, 15) is 4.79 Å². The summed E-state index contributed by atoms with van der Waals surface area (Å²) in [6.45, 7) is 2.57. The lowest BCUT2D eigenvalue weighted by Gasteiger charge is -2.08. The van der Waals surface area contributed by atoms with Crippen molar-refractivity contribution in [1.82, 2.24) is 5.32 Å². The molecule has 0 aromatic heterocycles. The standard InChI is InChI=1S/C16H15Cl2NO/c1-2-11-3-5-12(6-4-11)10-19-16(20)14-9-13(17)7-8-15(14)18/h3-9H,2,10H2,1H3,(H,19,20). The van der Waals surface area contributed by atoms with E-state index in [1.54, 1.807) is 18.2 Å². The number of carbonyl (C=O) groups is 1. The highest BCUT2D eigenvalue weighted by molar-refractivity contribution is 6.35. The molecule has 0 saturated heterocycles. The third-order valence-electron chi connectivity index (χ3n) is 3.06. The molecule has 0 aliphatic carbocycles. The minimum absolute atomic E-state index is 0.225. The van der Waals surface area contributed by atoms with Gasteiger partial charge < -0.3 is 5.32 Å². The SMILES string of the molecule is CCc1ccc(CNC(=O)c2cc(Cl)ccc2Cl)cc1. The zero-order valence-electron chi connectivity index (χ0n) is 11.1. The molecule has 2 aromatic carbocycles. The van der Waals surface area contributed by atoms with Gasteiger partial charge in [-0.2, -0.15) is 0 Å². The van der Waals surface area contributed by atoms with Gasteiger partial charge in [0.05, 0.1) is 10.6 Å². The number of hydrogen-bond donors (Lipinski definition) is 1. The van der Waals surface area contributed by atoms with E-state index in [2.05, 4.69) is 24.4 Å². The molecular formula is C16H15Cl2NO. The van der Waals surface area contributed by atoms with Gasteiger partial charge in [0.2, 0.25) is 0 Å². The highest BCUT2D eigenvalue weighted by Gasteiger charge is 2.10. The summed E-state index contributed by atoms with van der Waals surface area (Å²) >= 11 is 11.9. The first-order chi connectivity index (χ1) is 9.60. The van der Waals surface area contributed by atoms with Gasteiger partial charge in [-0.05, 0) is 35.7 Å². The van der Waals surface area contributed by atoms with Crippen LogP contribution in [0.25, 0.3) is 0 Å². The van der Waals surface area contributed by atoms with Gasteiger partial charge in [-0.1, -0.05) is 54.4 Å². The summed E-state index contributed by atoms with van der Waals surface area (Å²) in [5.74, 6) is -0.225. The summed E-state index contributed by atoms with van der Waals surface area (Å²) in [5, 5.41) is 3.73. The second-order valence-electron chi connectivity index (χ2n) is 4.48. The molecule has 2 aromatic rings. The predicted octanol–water partition coefficient (Wildman–Crippen LogP) is 4.49. The second kappa shape index (κ2) is 6.78. The quantitative estimate of drug-likeness (QED) is 0.886. The van der Waals surface area contributed by atoms with E-state index in [0.29, 0.717) is 22.2 Å². The molecule has 0 aliphatic heterocycles. The van der Waals surface area contributed by atoms with E-state index in [-0.39, 0.29) is 5.91 Å². The van der Waals surface area contributed by atoms with Crippen molar-refractivity contribution in [3.05, 3.63) is 69.2 Å². The Morgan fingerprint density at radius 3 is 2.35 bits per heavy atom. The van der Waals surface area contributed by atoms with E-state index >= 15 is 0 Å². The molecule has 0 aliphatic rings. The normalized spacial score (nSPS) is 10.3. The zero-order valence-corrected chi connectivity index (χ0v) is 12.6. The van der Waals surface area contributed by atoms with Gasteiger partial charge in [-0.25, -0.2) is 0 Å². The van der Waals surface area contributed by atoms with Crippen LogP contribution in [-0.2, 0) is 13.0 Å². The monoisotopic (exact) mass is 307 g/mol. The highest BCUT2D eigenvalue weighted by atomic mass is 35.5. The van der Waals surface area contributed by atoms with Crippen LogP contribution in [-0.4, -0.2) is 5.91 Å². The van der Waals surface area contributed by atoms with Gasteiger partial charge in [0, 0.05) is 11.6 Å². The smallest absolute Gasteiger partial charge is 0.253 e. The Balaban J connectivity index is 2.02. The average Bonchev–Trinajstić information content (AvgIpc) is 2.47. The van der Waals surface area contributed by atoms with Crippen LogP contribution in [0.15, 0.2) is 42.5 Å². The molecule has 0 atom stereocenters. The molecule has 0 unspecified atom stereocenters. The van der Waals surface area contributed by atoms with Crippen LogP contribution in [0.2, 0.25) is 10.0 Å². The largest absolute Gasteiger partial charge is 0.348 e. The first kappa shape index (κ1) is 14.9. The number of halogens is 2. The van der Waals surface area contributed by atoms with Gasteiger partial charge in [-0.3, -0.25) is 4.79 Å². The van der Waals surface area contributed by atoms with Crippen molar-refractivity contribution in [1.29, 1.82) is 0 Å². The molecule has 20 heavy (non-hydrogen) atoms. The molecule has 0 bridgehead atoms. The van der Waals surface area contributed by atoms with E-state index in [0.717, 1.165) is 12.0 Å². The Morgan fingerprint density at radius 1 is 1.05 bits per heavy atom. The van der Waals surface area contributed by atoms with E-state index in [1.807, 2.05) is 12.1 Å². The number of amides is 1. The molecule has 0 fully saturated rings. The second-order valence-corrected chi connectivity index (χ2v) is 5.32. The highest BCUT2D eigenvalue weighted by Crippen LogP contribution is 2.20. The van der Waals surface area contributed by atoms with Crippen LogP contribution >= 0.6 is 23.2 Å². The minimum Gasteiger partial charge on any atom is -0.348 e. The Bertz CT molecular complexity index is 608. The lowest BCUT2D eigenvalue weighted by Crippen LogP contribution is -2.23. The number of aryl methyl sites for hydroxylation is 1. The lowest BCUT2D eigenvalue weighted by atomic mass is 10.1. The summed E-state index contributed by atoms with van der Waals surface area (Å²) in [6, 6.07) is 13.0. The minimum atomic E-state index is -0.225. The Kier molecular flexibility index (Phi) is 5.05. The van der Waals surface area contributed by atoms with Crippen LogP contribution < -0.4 is 5.32 Å². The molecule has 2 rings (SSSR count). The number of benzene rings is 2. The van der Waals surface area contributed by atoms with E-state index in [1.165, 1.54) is 5.56 Å². The average molecular weight is 308 g/mol. The van der Waals surface area contributed by atoms with Crippen molar-refractivity contribution in [3.63, 3.8) is 0 Å². The first-order valence-electron chi connectivity index (χ1n) is 6.41. The van der Waals surface area contributed by atoms with Gasteiger partial charge in [0.25, 0.3) is 5.91 Å². The van der Waals surface area contributed by atoms with Gasteiger partial charge in [-0.15, -0.1) is 0 Å². The third kappa shape index (κ3) is 3.75. The fraction of sp³-hybridized carbons (Fsp3) is 0.188. The Hall–Kier alpha value is -1.51. The number of nitrogens with one attached hydrogen (secondary N) is 1. The summed E-state index contributed by atoms with van der Waals surface area (Å²) in [6.07, 6.45) is 1.00. The molecule has 0 saturated carbocycles. The molecule has 1 N–H and O–H groups in total. The molecular weight excluding hydrogens is 293 g/mol. The summed E-state index contributed by atoms with van der Waals surface area (Å²) in [5.41, 5.74) is 2.72. The molecule has 0 spiro atoms. The maximum atomic E-state index is 12.1. The fourth-order valence-corrected chi connectivity index (χ4v) is 2.22. The molecule has 0 radical (unpaired) electrons. The van der Waals surface area contributed by atoms with Crippen molar-refractivity contribution in [2.24, 2.45) is 0 Å². The third-order valence-corrected chi connectivity index (χ3v) is 3.62. The van der Waals surface area contributed by atoms with Crippen molar-refractivity contribution >= 4 is 29.1 Å². The Labute approximate surface area is 128 Å². The van der Waals surface area contributed by atoms with Crippen LogP contribution in [0.4, 0.5) is 0 Å². The first-order valence-corrected chi connectivity index (χ1v) is 7.17. The fourth-order valence-electron chi connectivity index (χ4n) is 1.84. The zero-order chi connectivity index (χ0) is 14.5. The van der Waals surface area contributed by atoms with Crippen molar-refractivity contribution < 1.29 is 4.79 Å². The van der Waals surface area contributed by atoms with Crippen LogP contribution in [0.5, 0.6) is 0 Å². The molecule has 4 heteroatoms. The topological polar surface area (TPSA) is 29.1 Å². The summed E-state index contributed by atoms with van der Waals surface area (Å²) in [4.78, 5) is 12.1. The maximum absolute atomic E-state index is 12.1. The molecule has 1 amide bonds. The summed E-state index contributed by atoms with van der Waals surface area (Å²) in [7, 11) is 0. The van der Waals surface area contributed by atoms with Crippen molar-refractivity contribution in [2.75, 3.05) is 0 Å². The predicted molar refractivity (Wildman–Crippen MR) is 83.5 cm³/mol. The van der Waals surface area contributed by atoms with Crippen molar-refractivity contribution in [2.45, 2.75) is 19.9 Å². The van der Waals surface area contributed by atoms with Crippen LogP contribution in [0.1, 0.15) is 28.4 Å². The number of rotatable bonds is 4.